The van der Waals surface area contributed by atoms with E-state index in [0.717, 1.165) is 5.75 Å². The second-order valence-electron chi connectivity index (χ2n) is 1.33. The molecule has 0 saturated carbocycles. The van der Waals surface area contributed by atoms with Crippen LogP contribution in [0.1, 0.15) is 6.92 Å². The van der Waals surface area contributed by atoms with Crippen molar-refractivity contribution in [3.8, 4) is 6.07 Å². The number of thiol groups is 1. The summed E-state index contributed by atoms with van der Waals surface area (Å²) in [6.07, 6.45) is 0. The van der Waals surface area contributed by atoms with Gasteiger partial charge in [0.15, 0.2) is 0 Å². The average Bonchev–Trinajstić information content (AvgIpc) is 1.68. The molecule has 0 bridgehead atoms. The quantitative estimate of drug-likeness (QED) is 0.458. The van der Waals surface area contributed by atoms with Crippen molar-refractivity contribution >= 4 is 22.5 Å². The van der Waals surface area contributed by atoms with Crippen LogP contribution in [0.2, 0.25) is 0 Å². The molecule has 0 spiro atoms. The van der Waals surface area contributed by atoms with Crippen LogP contribution in [0.15, 0.2) is 0 Å². The molecule has 0 fully saturated rings. The maximum absolute atomic E-state index is 8.17. The lowest BCUT2D eigenvalue weighted by molar-refractivity contribution is 0.867. The van der Waals surface area contributed by atoms with Crippen molar-refractivity contribution in [2.24, 2.45) is 5.92 Å². The summed E-state index contributed by atoms with van der Waals surface area (Å²) >= 11 is 3.88. The molecule has 0 aliphatic carbocycles. The van der Waals surface area contributed by atoms with E-state index in [2.05, 4.69) is 17.7 Å². The largest absolute Gasteiger partial charge is 0.198 e. The summed E-state index contributed by atoms with van der Waals surface area (Å²) in [5.74, 6) is 0.960. The van der Waals surface area contributed by atoms with Crippen LogP contribution in [0, 0.1) is 17.2 Å². The molecule has 40 valence electrons. The van der Waals surface area contributed by atoms with E-state index in [4.69, 9.17) is 5.26 Å². The summed E-state index contributed by atoms with van der Waals surface area (Å²) in [5.41, 5.74) is 0. The molecule has 0 saturated heterocycles. The third-order valence-electron chi connectivity index (χ3n) is 0.545. The van der Waals surface area contributed by atoms with Crippen LogP contribution in [0.25, 0.3) is 0 Å². The van der Waals surface area contributed by atoms with Crippen molar-refractivity contribution in [1.29, 1.82) is 5.26 Å². The minimum atomic E-state index is 0.141. The highest BCUT2D eigenvalue weighted by molar-refractivity contribution is 8.68. The second-order valence-corrected chi connectivity index (χ2v) is 2.69. The zero-order chi connectivity index (χ0) is 5.70. The summed E-state index contributed by atoms with van der Waals surface area (Å²) in [7, 11) is 1.41. The Morgan fingerprint density at radius 1 is 2.00 bits per heavy atom. The Hall–Kier alpha value is 0.190. The fraction of sp³-hybridized carbons (Fsp3) is 0.750. The van der Waals surface area contributed by atoms with Crippen molar-refractivity contribution in [3.63, 3.8) is 0 Å². The van der Waals surface area contributed by atoms with Crippen LogP contribution in [0.4, 0.5) is 0 Å². The molecule has 0 aliphatic rings. The molecule has 1 unspecified atom stereocenters. The lowest BCUT2D eigenvalue weighted by Crippen LogP contribution is -1.89. The molecular weight excluding hydrogens is 126 g/mol. The maximum atomic E-state index is 8.17. The number of nitrogens with zero attached hydrogens (tertiary/aromatic N) is 1. The molecule has 0 aromatic carbocycles. The molecule has 0 aliphatic heterocycles. The summed E-state index contributed by atoms with van der Waals surface area (Å²) in [5, 5.41) is 8.17. The van der Waals surface area contributed by atoms with E-state index in [9.17, 15) is 0 Å². The zero-order valence-corrected chi connectivity index (χ0v) is 5.80. The normalized spacial score (nSPS) is 12.7. The molecule has 0 aromatic rings. The van der Waals surface area contributed by atoms with E-state index in [1.807, 2.05) is 6.92 Å². The fourth-order valence-electron chi connectivity index (χ4n) is 0.149. The average molecular weight is 133 g/mol. The molecule has 3 heteroatoms. The molecule has 7 heavy (non-hydrogen) atoms. The SMILES string of the molecule is CC(C#N)CSS. The minimum absolute atomic E-state index is 0.141. The smallest absolute Gasteiger partial charge is 0.0661 e. The summed E-state index contributed by atoms with van der Waals surface area (Å²) in [6.45, 7) is 1.88. The molecule has 0 rings (SSSR count). The lowest BCUT2D eigenvalue weighted by atomic mass is 10.3. The summed E-state index contributed by atoms with van der Waals surface area (Å²) in [6, 6.07) is 2.10. The topological polar surface area (TPSA) is 23.8 Å². The van der Waals surface area contributed by atoms with Crippen LogP contribution < -0.4 is 0 Å². The van der Waals surface area contributed by atoms with Crippen LogP contribution in [-0.2, 0) is 0 Å². The maximum Gasteiger partial charge on any atom is 0.0661 e. The standard InChI is InChI=1S/C4H7NS2/c1-4(2-5)3-7-6/h4,6H,3H2,1H3. The van der Waals surface area contributed by atoms with E-state index in [1.54, 1.807) is 0 Å². The highest BCUT2D eigenvalue weighted by Gasteiger charge is 1.94. The number of hydrogen-bond acceptors (Lipinski definition) is 3. The Morgan fingerprint density at radius 2 is 2.57 bits per heavy atom. The van der Waals surface area contributed by atoms with Gasteiger partial charge < -0.3 is 0 Å². The Balaban J connectivity index is 3.04. The van der Waals surface area contributed by atoms with Gasteiger partial charge in [-0.05, 0) is 6.92 Å². The van der Waals surface area contributed by atoms with Gasteiger partial charge in [-0.3, -0.25) is 0 Å². The van der Waals surface area contributed by atoms with Crippen LogP contribution >= 0.6 is 22.5 Å². The van der Waals surface area contributed by atoms with Crippen LogP contribution in [0.5, 0.6) is 0 Å². The van der Waals surface area contributed by atoms with E-state index < -0.39 is 0 Å². The Kier molecular flexibility index (Phi) is 4.47. The van der Waals surface area contributed by atoms with Gasteiger partial charge in [-0.25, -0.2) is 0 Å². The van der Waals surface area contributed by atoms with Crippen LogP contribution in [-0.4, -0.2) is 5.75 Å². The van der Waals surface area contributed by atoms with Gasteiger partial charge in [-0.15, -0.1) is 11.7 Å². The first-order chi connectivity index (χ1) is 3.31. The van der Waals surface area contributed by atoms with Crippen molar-refractivity contribution in [2.45, 2.75) is 6.92 Å². The molecule has 0 radical (unpaired) electrons. The zero-order valence-electron chi connectivity index (χ0n) is 4.09. The molecule has 1 atom stereocenters. The van der Waals surface area contributed by atoms with E-state index in [0.29, 0.717) is 0 Å². The van der Waals surface area contributed by atoms with E-state index in [1.165, 1.54) is 10.8 Å². The van der Waals surface area contributed by atoms with Gasteiger partial charge in [0.25, 0.3) is 0 Å². The number of rotatable bonds is 2. The predicted molar refractivity (Wildman–Crippen MR) is 36.2 cm³/mol. The van der Waals surface area contributed by atoms with E-state index in [-0.39, 0.29) is 5.92 Å². The van der Waals surface area contributed by atoms with E-state index >= 15 is 0 Å². The van der Waals surface area contributed by atoms with Gasteiger partial charge in [-0.1, -0.05) is 10.8 Å². The molecule has 0 N–H and O–H groups in total. The van der Waals surface area contributed by atoms with Gasteiger partial charge in [0, 0.05) is 5.75 Å². The fourth-order valence-corrected chi connectivity index (χ4v) is 1.12. The number of hydrogen-bond donors (Lipinski definition) is 1. The van der Waals surface area contributed by atoms with Gasteiger partial charge in [0.1, 0.15) is 0 Å². The van der Waals surface area contributed by atoms with Crippen molar-refractivity contribution in [3.05, 3.63) is 0 Å². The predicted octanol–water partition coefficient (Wildman–Crippen LogP) is 1.72. The van der Waals surface area contributed by atoms with Crippen LogP contribution in [0.3, 0.4) is 0 Å². The molecule has 0 aromatic heterocycles. The molecule has 0 amide bonds. The van der Waals surface area contributed by atoms with Gasteiger partial charge in [-0.2, -0.15) is 5.26 Å². The molecule has 0 heterocycles. The third kappa shape index (κ3) is 4.03. The van der Waals surface area contributed by atoms with Crippen molar-refractivity contribution in [2.75, 3.05) is 5.75 Å². The number of nitriles is 1. The Labute approximate surface area is 52.9 Å². The summed E-state index contributed by atoms with van der Waals surface area (Å²) < 4.78 is 0. The van der Waals surface area contributed by atoms with Gasteiger partial charge in [0.05, 0.1) is 12.0 Å². The Bertz CT molecular complexity index is 76.2. The minimum Gasteiger partial charge on any atom is -0.198 e. The Morgan fingerprint density at radius 3 is 2.71 bits per heavy atom. The first-order valence-electron chi connectivity index (χ1n) is 1.97. The highest BCUT2D eigenvalue weighted by atomic mass is 33.1. The van der Waals surface area contributed by atoms with Gasteiger partial charge in [0.2, 0.25) is 0 Å². The lowest BCUT2D eigenvalue weighted by Gasteiger charge is -1.91. The van der Waals surface area contributed by atoms with Crippen molar-refractivity contribution < 1.29 is 0 Å². The molecular formula is C4H7NS2. The second kappa shape index (κ2) is 4.35. The van der Waals surface area contributed by atoms with Gasteiger partial charge >= 0.3 is 0 Å². The first-order valence-corrected chi connectivity index (χ1v) is 4.01. The third-order valence-corrected chi connectivity index (χ3v) is 1.64. The first kappa shape index (κ1) is 7.19. The van der Waals surface area contributed by atoms with Crippen molar-refractivity contribution in [1.82, 2.24) is 0 Å². The highest BCUT2D eigenvalue weighted by Crippen LogP contribution is 2.09. The molecule has 1 nitrogen and oxygen atoms in total. The summed E-state index contributed by atoms with van der Waals surface area (Å²) in [4.78, 5) is 0. The monoisotopic (exact) mass is 133 g/mol.